The van der Waals surface area contributed by atoms with Gasteiger partial charge < -0.3 is 43.2 Å². The lowest BCUT2D eigenvalue weighted by molar-refractivity contribution is -0.140. The van der Waals surface area contributed by atoms with Gasteiger partial charge in [-0.25, -0.2) is 4.68 Å². The molecule has 0 aliphatic carbocycles. The molecule has 37 heavy (non-hydrogen) atoms. The Balaban J connectivity index is 2.18. The second kappa shape index (κ2) is 14.0. The number of carbonyl (C=O) groups excluding carboxylic acids is 5. The van der Waals surface area contributed by atoms with Crippen LogP contribution in [0.5, 0.6) is 0 Å². The summed E-state index contributed by atoms with van der Waals surface area (Å²) in [4.78, 5) is 77.0. The third kappa shape index (κ3) is 10.6. The number of carboxylic acids is 1. The fourth-order valence-corrected chi connectivity index (χ4v) is 3.12. The summed E-state index contributed by atoms with van der Waals surface area (Å²) < 4.78 is 1.17. The number of rotatable bonds is 6. The highest BCUT2D eigenvalue weighted by Gasteiger charge is 2.26. The van der Waals surface area contributed by atoms with Crippen molar-refractivity contribution in [3.63, 3.8) is 0 Å². The molecule has 18 heteroatoms. The minimum absolute atomic E-state index is 0.0930. The number of hydrogen-bond acceptors (Lipinski definition) is 9. The van der Waals surface area contributed by atoms with Crippen LogP contribution in [0.25, 0.3) is 0 Å². The Labute approximate surface area is 210 Å². The molecule has 2 bridgehead atoms. The summed E-state index contributed by atoms with van der Waals surface area (Å²) in [6.45, 7) is -1.31. The molecule has 5 amide bonds. The third-order valence-corrected chi connectivity index (χ3v) is 4.83. The number of carboxylic acid groups (broad SMARTS) is 1. The maximum Gasteiger partial charge on any atom is 0.305 e. The summed E-state index contributed by atoms with van der Waals surface area (Å²) in [5, 5.41) is 28.5. The van der Waals surface area contributed by atoms with E-state index in [0.717, 1.165) is 0 Å². The maximum absolute atomic E-state index is 12.7. The Kier molecular flexibility index (Phi) is 10.7. The number of hydrogen-bond donors (Lipinski definition) is 8. The summed E-state index contributed by atoms with van der Waals surface area (Å²) in [7, 11) is 0. The fraction of sp³-hybridized carbons (Fsp3) is 0.526. The van der Waals surface area contributed by atoms with Crippen LogP contribution in [0.4, 0.5) is 0 Å². The van der Waals surface area contributed by atoms with Crippen molar-refractivity contribution in [1.29, 1.82) is 0 Å². The molecule has 202 valence electrons. The minimum atomic E-state index is -1.44. The van der Waals surface area contributed by atoms with Gasteiger partial charge in [-0.05, 0) is 12.8 Å². The molecule has 2 heterocycles. The number of aliphatic carboxylic acids is 1. The molecule has 1 aliphatic rings. The third-order valence-electron chi connectivity index (χ3n) is 4.83. The molecule has 0 radical (unpaired) electrons. The number of nitrogens with two attached hydrogens (primary N) is 2. The van der Waals surface area contributed by atoms with Crippen LogP contribution in [0, 0.1) is 0 Å². The Hall–Kier alpha value is -4.77. The summed E-state index contributed by atoms with van der Waals surface area (Å²) in [5.74, 6) is -5.11. The molecule has 0 saturated carbocycles. The number of fused-ring (bicyclic) bond motifs is 2. The normalized spacial score (nSPS) is 20.1. The molecule has 0 fully saturated rings. The van der Waals surface area contributed by atoms with Gasteiger partial charge in [0.2, 0.25) is 29.5 Å². The van der Waals surface area contributed by atoms with Gasteiger partial charge in [0, 0.05) is 6.54 Å². The van der Waals surface area contributed by atoms with Gasteiger partial charge in [0.1, 0.15) is 24.3 Å². The molecule has 2 rings (SSSR count). The summed E-state index contributed by atoms with van der Waals surface area (Å²) in [6, 6.07) is -2.55. The van der Waals surface area contributed by atoms with E-state index >= 15 is 0 Å². The van der Waals surface area contributed by atoms with Crippen molar-refractivity contribution in [1.82, 2.24) is 41.6 Å². The van der Waals surface area contributed by atoms with Crippen molar-refractivity contribution in [2.75, 3.05) is 19.6 Å². The number of nitrogens with zero attached hydrogens (tertiary/aromatic N) is 4. The Morgan fingerprint density at radius 2 is 1.59 bits per heavy atom. The minimum Gasteiger partial charge on any atom is -0.481 e. The molecule has 0 saturated heterocycles. The first-order valence-electron chi connectivity index (χ1n) is 11.1. The highest BCUT2D eigenvalue weighted by Crippen LogP contribution is 2.00. The largest absolute Gasteiger partial charge is 0.481 e. The van der Waals surface area contributed by atoms with E-state index in [1.165, 1.54) is 10.9 Å². The molecular formula is C19H29N11O7. The van der Waals surface area contributed by atoms with Crippen LogP contribution in [0.2, 0.25) is 0 Å². The van der Waals surface area contributed by atoms with Gasteiger partial charge in [-0.1, -0.05) is 5.21 Å². The van der Waals surface area contributed by atoms with E-state index in [2.05, 4.69) is 41.9 Å². The Morgan fingerprint density at radius 3 is 2.27 bits per heavy atom. The molecule has 1 aliphatic heterocycles. The van der Waals surface area contributed by atoms with Crippen LogP contribution in [-0.2, 0) is 41.9 Å². The second-order valence-corrected chi connectivity index (χ2v) is 7.91. The van der Waals surface area contributed by atoms with Crippen molar-refractivity contribution in [3.05, 3.63) is 11.9 Å². The Bertz CT molecular complexity index is 1050. The van der Waals surface area contributed by atoms with E-state index in [0.29, 0.717) is 6.42 Å². The van der Waals surface area contributed by atoms with Gasteiger partial charge in [-0.3, -0.25) is 33.8 Å². The number of aliphatic imine (C=N–C) groups is 1. The lowest BCUT2D eigenvalue weighted by Crippen LogP contribution is -2.53. The summed E-state index contributed by atoms with van der Waals surface area (Å²) in [5.41, 5.74) is 10.8. The number of nitrogens with one attached hydrogen (secondary N) is 5. The van der Waals surface area contributed by atoms with Gasteiger partial charge >= 0.3 is 5.97 Å². The molecule has 0 unspecified atom stereocenters. The van der Waals surface area contributed by atoms with Crippen LogP contribution < -0.4 is 38.1 Å². The van der Waals surface area contributed by atoms with Gasteiger partial charge in [0.05, 0.1) is 32.3 Å². The zero-order valence-corrected chi connectivity index (χ0v) is 19.7. The van der Waals surface area contributed by atoms with Crippen LogP contribution in [0.1, 0.15) is 25.0 Å². The zero-order valence-electron chi connectivity index (χ0n) is 19.7. The van der Waals surface area contributed by atoms with Crippen molar-refractivity contribution >= 4 is 41.5 Å². The fourth-order valence-electron chi connectivity index (χ4n) is 3.12. The number of aromatic nitrogens is 3. The molecule has 2 atom stereocenters. The molecular weight excluding hydrogens is 494 g/mol. The van der Waals surface area contributed by atoms with E-state index in [4.69, 9.17) is 16.6 Å². The van der Waals surface area contributed by atoms with Crippen molar-refractivity contribution < 1.29 is 33.9 Å². The van der Waals surface area contributed by atoms with Gasteiger partial charge in [0.15, 0.2) is 5.96 Å². The van der Waals surface area contributed by atoms with E-state index in [-0.39, 0.29) is 37.7 Å². The molecule has 18 nitrogen and oxygen atoms in total. The van der Waals surface area contributed by atoms with E-state index in [9.17, 15) is 28.8 Å². The number of carbonyl (C=O) groups is 6. The first kappa shape index (κ1) is 28.5. The van der Waals surface area contributed by atoms with Crippen molar-refractivity contribution in [2.24, 2.45) is 16.5 Å². The zero-order chi connectivity index (χ0) is 27.4. The molecule has 1 aromatic heterocycles. The first-order chi connectivity index (χ1) is 17.5. The summed E-state index contributed by atoms with van der Waals surface area (Å²) in [6.07, 6.45) is 1.04. The molecule has 0 aromatic carbocycles. The van der Waals surface area contributed by atoms with Gasteiger partial charge in [0.25, 0.3) is 0 Å². The molecule has 1 aromatic rings. The smallest absolute Gasteiger partial charge is 0.305 e. The standard InChI is InChI=1S/C19H29N11O7/c20-19(21)22-3-1-2-11-17(36)25-7-14(32)27-12(4-16(34)35)18(37)24-5-10-8-30(29-28-10)9-15(33)23-6-13(31)26-11/h8,11-12H,1-7,9H2,(H,23,33)(H,24,37)(H,25,36)(H,26,31)(H,27,32)(H,34,35)(H4,20,21,22)/t11-,12-/m1/s1. The lowest BCUT2D eigenvalue weighted by atomic mass is 10.1. The highest BCUT2D eigenvalue weighted by molar-refractivity contribution is 5.94. The SMILES string of the molecule is NC(N)=NCCC[C@H]1NC(=O)CNC(=O)Cn2cc(nn2)CNC(=O)[C@@H](CC(=O)O)NC(=O)CNC1=O. The Morgan fingerprint density at radius 1 is 0.973 bits per heavy atom. The predicted octanol–water partition coefficient (Wildman–Crippen LogP) is -5.36. The van der Waals surface area contributed by atoms with Crippen LogP contribution in [0.3, 0.4) is 0 Å². The van der Waals surface area contributed by atoms with E-state index < -0.39 is 67.1 Å². The van der Waals surface area contributed by atoms with Crippen LogP contribution in [-0.4, -0.2) is 93.3 Å². The molecule has 0 spiro atoms. The summed E-state index contributed by atoms with van der Waals surface area (Å²) >= 11 is 0. The highest BCUT2D eigenvalue weighted by atomic mass is 16.4. The first-order valence-corrected chi connectivity index (χ1v) is 11.1. The maximum atomic E-state index is 12.7. The second-order valence-electron chi connectivity index (χ2n) is 7.91. The molecule has 10 N–H and O–H groups in total. The topological polar surface area (TPSA) is 278 Å². The predicted molar refractivity (Wildman–Crippen MR) is 124 cm³/mol. The van der Waals surface area contributed by atoms with E-state index in [1.54, 1.807) is 0 Å². The van der Waals surface area contributed by atoms with Crippen molar-refractivity contribution in [3.8, 4) is 0 Å². The average Bonchev–Trinajstić information content (AvgIpc) is 3.27. The number of amides is 5. The average molecular weight is 524 g/mol. The van der Waals surface area contributed by atoms with Gasteiger partial charge in [-0.2, -0.15) is 0 Å². The van der Waals surface area contributed by atoms with Crippen molar-refractivity contribution in [2.45, 2.75) is 44.4 Å². The monoisotopic (exact) mass is 523 g/mol. The van der Waals surface area contributed by atoms with Crippen LogP contribution in [0.15, 0.2) is 11.2 Å². The van der Waals surface area contributed by atoms with E-state index in [1.807, 2.05) is 0 Å². The lowest BCUT2D eigenvalue weighted by Gasteiger charge is -2.19. The quantitative estimate of drug-likeness (QED) is 0.0989. The van der Waals surface area contributed by atoms with Gasteiger partial charge in [-0.15, -0.1) is 5.10 Å². The van der Waals surface area contributed by atoms with Crippen LogP contribution >= 0.6 is 0 Å². The number of guanidine groups is 1.